The summed E-state index contributed by atoms with van der Waals surface area (Å²) >= 11 is 0. The molecule has 5 nitrogen and oxygen atoms in total. The molecule has 0 atom stereocenters. The summed E-state index contributed by atoms with van der Waals surface area (Å²) < 4.78 is 12.5. The van der Waals surface area contributed by atoms with Crippen LogP contribution in [-0.4, -0.2) is 23.1 Å². The standard InChI is InChI=1S/C13H15N3O2/c1-16-10(4-5-14)7-11(15-16)9-2-3-12-13(6-9)18-8-17-12/h2-3,6-7H,4-5,8,14H2,1H3. The van der Waals surface area contributed by atoms with Crippen LogP contribution in [0.3, 0.4) is 0 Å². The van der Waals surface area contributed by atoms with Crippen molar-refractivity contribution in [3.8, 4) is 22.8 Å². The number of hydrogen-bond donors (Lipinski definition) is 1. The molecule has 0 fully saturated rings. The monoisotopic (exact) mass is 245 g/mol. The van der Waals surface area contributed by atoms with Gasteiger partial charge in [-0.3, -0.25) is 4.68 Å². The molecular weight excluding hydrogens is 230 g/mol. The van der Waals surface area contributed by atoms with E-state index in [2.05, 4.69) is 11.2 Å². The van der Waals surface area contributed by atoms with Gasteiger partial charge in [0.25, 0.3) is 0 Å². The normalized spacial score (nSPS) is 13.0. The maximum atomic E-state index is 5.57. The van der Waals surface area contributed by atoms with Crippen LogP contribution in [0.4, 0.5) is 0 Å². The molecule has 2 aromatic rings. The molecule has 2 heterocycles. The fourth-order valence-corrected chi connectivity index (χ4v) is 2.08. The Labute approximate surface area is 105 Å². The number of fused-ring (bicyclic) bond motifs is 1. The van der Waals surface area contributed by atoms with Gasteiger partial charge in [-0.15, -0.1) is 0 Å². The van der Waals surface area contributed by atoms with Gasteiger partial charge in [0.2, 0.25) is 6.79 Å². The molecule has 2 N–H and O–H groups in total. The van der Waals surface area contributed by atoms with E-state index in [1.807, 2.05) is 29.9 Å². The molecule has 1 aromatic heterocycles. The van der Waals surface area contributed by atoms with Gasteiger partial charge in [-0.25, -0.2) is 0 Å². The lowest BCUT2D eigenvalue weighted by molar-refractivity contribution is 0.174. The molecule has 0 unspecified atom stereocenters. The van der Waals surface area contributed by atoms with Crippen molar-refractivity contribution < 1.29 is 9.47 Å². The third-order valence-corrected chi connectivity index (χ3v) is 3.05. The van der Waals surface area contributed by atoms with Gasteiger partial charge in [0.05, 0.1) is 5.69 Å². The lowest BCUT2D eigenvalue weighted by Gasteiger charge is -1.99. The molecule has 1 aliphatic heterocycles. The second-order valence-electron chi connectivity index (χ2n) is 4.25. The highest BCUT2D eigenvalue weighted by atomic mass is 16.7. The van der Waals surface area contributed by atoms with Crippen molar-refractivity contribution >= 4 is 0 Å². The van der Waals surface area contributed by atoms with Gasteiger partial charge < -0.3 is 15.2 Å². The summed E-state index contributed by atoms with van der Waals surface area (Å²) in [5.41, 5.74) is 8.66. The first-order valence-corrected chi connectivity index (χ1v) is 5.91. The van der Waals surface area contributed by atoms with Crippen LogP contribution in [0.5, 0.6) is 11.5 Å². The van der Waals surface area contributed by atoms with Gasteiger partial charge in [0.1, 0.15) is 0 Å². The molecule has 94 valence electrons. The van der Waals surface area contributed by atoms with E-state index in [0.29, 0.717) is 13.3 Å². The zero-order valence-electron chi connectivity index (χ0n) is 10.2. The van der Waals surface area contributed by atoms with Crippen LogP contribution in [0, 0.1) is 0 Å². The molecule has 0 aliphatic carbocycles. The maximum Gasteiger partial charge on any atom is 0.231 e. The SMILES string of the molecule is Cn1nc(-c2ccc3c(c2)OCO3)cc1CCN. The first-order valence-electron chi connectivity index (χ1n) is 5.91. The summed E-state index contributed by atoms with van der Waals surface area (Å²) in [6, 6.07) is 7.91. The number of hydrogen-bond acceptors (Lipinski definition) is 4. The Kier molecular flexibility index (Phi) is 2.68. The van der Waals surface area contributed by atoms with Crippen molar-refractivity contribution in [2.75, 3.05) is 13.3 Å². The Balaban J connectivity index is 1.97. The second kappa shape index (κ2) is 4.34. The van der Waals surface area contributed by atoms with Crippen molar-refractivity contribution in [1.82, 2.24) is 9.78 Å². The summed E-state index contributed by atoms with van der Waals surface area (Å²) in [4.78, 5) is 0. The van der Waals surface area contributed by atoms with Gasteiger partial charge >= 0.3 is 0 Å². The zero-order valence-corrected chi connectivity index (χ0v) is 10.2. The molecule has 1 aromatic carbocycles. The van der Waals surface area contributed by atoms with E-state index in [0.717, 1.165) is 34.9 Å². The van der Waals surface area contributed by atoms with E-state index in [9.17, 15) is 0 Å². The van der Waals surface area contributed by atoms with Crippen LogP contribution < -0.4 is 15.2 Å². The molecular formula is C13H15N3O2. The minimum absolute atomic E-state index is 0.291. The molecule has 0 amide bonds. The molecule has 1 aliphatic rings. The van der Waals surface area contributed by atoms with Gasteiger partial charge in [-0.1, -0.05) is 0 Å². The highest BCUT2D eigenvalue weighted by Crippen LogP contribution is 2.35. The van der Waals surface area contributed by atoms with Crippen molar-refractivity contribution in [2.24, 2.45) is 12.8 Å². The van der Waals surface area contributed by atoms with E-state index in [4.69, 9.17) is 15.2 Å². The molecule has 5 heteroatoms. The highest BCUT2D eigenvalue weighted by molar-refractivity contribution is 5.64. The lowest BCUT2D eigenvalue weighted by Crippen LogP contribution is -2.06. The summed E-state index contributed by atoms with van der Waals surface area (Å²) in [5.74, 6) is 1.57. The largest absolute Gasteiger partial charge is 0.454 e. The van der Waals surface area contributed by atoms with Gasteiger partial charge in [0.15, 0.2) is 11.5 Å². The molecule has 0 radical (unpaired) electrons. The lowest BCUT2D eigenvalue weighted by atomic mass is 10.1. The molecule has 3 rings (SSSR count). The maximum absolute atomic E-state index is 5.57. The van der Waals surface area contributed by atoms with E-state index >= 15 is 0 Å². The van der Waals surface area contributed by atoms with Crippen LogP contribution in [0.25, 0.3) is 11.3 Å². The average molecular weight is 245 g/mol. The predicted octanol–water partition coefficient (Wildman–Crippen LogP) is 1.32. The first-order chi connectivity index (χ1) is 8.78. The van der Waals surface area contributed by atoms with Crippen molar-refractivity contribution in [3.05, 3.63) is 30.0 Å². The number of ether oxygens (including phenoxy) is 2. The predicted molar refractivity (Wildman–Crippen MR) is 67.5 cm³/mol. The Morgan fingerprint density at radius 3 is 2.94 bits per heavy atom. The van der Waals surface area contributed by atoms with E-state index in [1.54, 1.807) is 0 Å². The average Bonchev–Trinajstić information content (AvgIpc) is 2.96. The number of benzene rings is 1. The Morgan fingerprint density at radius 2 is 2.11 bits per heavy atom. The van der Waals surface area contributed by atoms with E-state index < -0.39 is 0 Å². The molecule has 0 saturated heterocycles. The Morgan fingerprint density at radius 1 is 1.28 bits per heavy atom. The first kappa shape index (κ1) is 11.1. The van der Waals surface area contributed by atoms with Crippen LogP contribution in [-0.2, 0) is 13.5 Å². The fraction of sp³-hybridized carbons (Fsp3) is 0.308. The minimum Gasteiger partial charge on any atom is -0.454 e. The van der Waals surface area contributed by atoms with Crippen molar-refractivity contribution in [3.63, 3.8) is 0 Å². The zero-order chi connectivity index (χ0) is 12.5. The number of rotatable bonds is 3. The van der Waals surface area contributed by atoms with Crippen LogP contribution in [0.1, 0.15) is 5.69 Å². The Hall–Kier alpha value is -2.01. The highest BCUT2D eigenvalue weighted by Gasteiger charge is 2.15. The van der Waals surface area contributed by atoms with E-state index in [-0.39, 0.29) is 0 Å². The van der Waals surface area contributed by atoms with Crippen molar-refractivity contribution in [1.29, 1.82) is 0 Å². The summed E-state index contributed by atoms with van der Waals surface area (Å²) in [6.07, 6.45) is 0.827. The minimum atomic E-state index is 0.291. The topological polar surface area (TPSA) is 62.3 Å². The van der Waals surface area contributed by atoms with Crippen LogP contribution >= 0.6 is 0 Å². The summed E-state index contributed by atoms with van der Waals surface area (Å²) in [7, 11) is 1.93. The van der Waals surface area contributed by atoms with Crippen LogP contribution in [0.2, 0.25) is 0 Å². The second-order valence-corrected chi connectivity index (χ2v) is 4.25. The molecule has 0 bridgehead atoms. The van der Waals surface area contributed by atoms with Gasteiger partial charge in [-0.2, -0.15) is 5.10 Å². The summed E-state index contributed by atoms with van der Waals surface area (Å²) in [5, 5.41) is 4.49. The summed E-state index contributed by atoms with van der Waals surface area (Å²) in [6.45, 7) is 0.916. The van der Waals surface area contributed by atoms with Crippen molar-refractivity contribution in [2.45, 2.75) is 6.42 Å². The quantitative estimate of drug-likeness (QED) is 0.885. The third-order valence-electron chi connectivity index (χ3n) is 3.05. The number of nitrogens with zero attached hydrogens (tertiary/aromatic N) is 2. The van der Waals surface area contributed by atoms with E-state index in [1.165, 1.54) is 0 Å². The molecule has 0 spiro atoms. The molecule has 18 heavy (non-hydrogen) atoms. The Bertz CT molecular complexity index is 578. The number of nitrogens with two attached hydrogens (primary N) is 1. The van der Waals surface area contributed by atoms with Gasteiger partial charge in [-0.05, 0) is 30.8 Å². The molecule has 0 saturated carbocycles. The smallest absolute Gasteiger partial charge is 0.231 e. The van der Waals surface area contributed by atoms with Gasteiger partial charge in [0, 0.05) is 24.7 Å². The number of aromatic nitrogens is 2. The number of aryl methyl sites for hydroxylation is 1. The fourth-order valence-electron chi connectivity index (χ4n) is 2.08. The third kappa shape index (κ3) is 1.82. The van der Waals surface area contributed by atoms with Crippen LogP contribution in [0.15, 0.2) is 24.3 Å².